The lowest BCUT2D eigenvalue weighted by Gasteiger charge is -2.27. The van der Waals surface area contributed by atoms with E-state index in [4.69, 9.17) is 0 Å². The average Bonchev–Trinajstić information content (AvgIpc) is 2.32. The lowest BCUT2D eigenvalue weighted by Crippen LogP contribution is -2.11. The number of phenolic OH excluding ortho intramolecular Hbond substituents is 1. The first-order valence-corrected chi connectivity index (χ1v) is 6.20. The number of aromatic hydroxyl groups is 1. The Morgan fingerprint density at radius 1 is 1.53 bits per heavy atom. The Labute approximate surface area is 103 Å². The van der Waals surface area contributed by atoms with E-state index in [2.05, 4.69) is 20.4 Å². The van der Waals surface area contributed by atoms with Gasteiger partial charge in [0, 0.05) is 0 Å². The van der Waals surface area contributed by atoms with Gasteiger partial charge in [-0.3, -0.25) is 0 Å². The first-order valence-electron chi connectivity index (χ1n) is 6.20. The summed E-state index contributed by atoms with van der Waals surface area (Å²) in [5.41, 5.74) is 5.11. The van der Waals surface area contributed by atoms with Crippen molar-refractivity contribution in [2.75, 3.05) is 6.61 Å². The number of aliphatic hydroxyl groups is 1. The van der Waals surface area contributed by atoms with Crippen molar-refractivity contribution in [2.45, 2.75) is 39.0 Å². The summed E-state index contributed by atoms with van der Waals surface area (Å²) in [5, 5.41) is 19.3. The maximum Gasteiger partial charge on any atom is 0.119 e. The van der Waals surface area contributed by atoms with E-state index >= 15 is 0 Å². The van der Waals surface area contributed by atoms with E-state index in [0.717, 1.165) is 24.0 Å². The normalized spacial score (nSPS) is 18.9. The van der Waals surface area contributed by atoms with Crippen LogP contribution in [0.5, 0.6) is 5.75 Å². The van der Waals surface area contributed by atoms with Crippen molar-refractivity contribution < 1.29 is 10.2 Å². The van der Waals surface area contributed by atoms with Crippen LogP contribution in [0.15, 0.2) is 12.6 Å². The van der Waals surface area contributed by atoms with Crippen molar-refractivity contribution in [3.8, 4) is 5.75 Å². The van der Waals surface area contributed by atoms with Gasteiger partial charge < -0.3 is 10.2 Å². The van der Waals surface area contributed by atoms with Crippen LogP contribution < -0.4 is 0 Å². The molecule has 0 saturated heterocycles. The third-order valence-corrected chi connectivity index (χ3v) is 3.85. The molecule has 0 fully saturated rings. The van der Waals surface area contributed by atoms with Gasteiger partial charge in [0.15, 0.2) is 0 Å². The van der Waals surface area contributed by atoms with Crippen LogP contribution in [0.1, 0.15) is 47.9 Å². The van der Waals surface area contributed by atoms with Crippen LogP contribution in [0.3, 0.4) is 0 Å². The van der Waals surface area contributed by atoms with Crippen LogP contribution in [-0.4, -0.2) is 16.8 Å². The predicted molar refractivity (Wildman–Crippen MR) is 70.3 cm³/mol. The summed E-state index contributed by atoms with van der Waals surface area (Å²) in [6, 6.07) is 1.75. The fourth-order valence-electron chi connectivity index (χ4n) is 2.95. The van der Waals surface area contributed by atoms with Gasteiger partial charge in [-0.1, -0.05) is 13.5 Å². The third-order valence-electron chi connectivity index (χ3n) is 3.85. The zero-order valence-electron chi connectivity index (χ0n) is 10.6. The number of rotatable bonds is 2. The van der Waals surface area contributed by atoms with Gasteiger partial charge in [-0.25, -0.2) is 0 Å². The van der Waals surface area contributed by atoms with Crippen LogP contribution in [0.25, 0.3) is 5.57 Å². The molecule has 1 aliphatic carbocycles. The molecule has 92 valence electrons. The van der Waals surface area contributed by atoms with Crippen LogP contribution in [-0.2, 0) is 6.42 Å². The zero-order chi connectivity index (χ0) is 12.6. The Kier molecular flexibility index (Phi) is 3.25. The first-order chi connectivity index (χ1) is 8.06. The van der Waals surface area contributed by atoms with Gasteiger partial charge in [-0.05, 0) is 66.0 Å². The number of hydrogen-bond donors (Lipinski definition) is 2. The molecule has 2 heteroatoms. The molecule has 0 bridgehead atoms. The Balaban J connectivity index is 2.64. The molecule has 0 aliphatic heterocycles. The van der Waals surface area contributed by atoms with E-state index in [9.17, 15) is 10.2 Å². The highest BCUT2D eigenvalue weighted by Gasteiger charge is 2.23. The average molecular weight is 232 g/mol. The van der Waals surface area contributed by atoms with Crippen LogP contribution in [0.4, 0.5) is 0 Å². The minimum absolute atomic E-state index is 0.0621. The molecule has 1 atom stereocenters. The number of fused-ring (bicyclic) bond motifs is 1. The summed E-state index contributed by atoms with van der Waals surface area (Å²) in [6.45, 7) is 8.07. The molecule has 1 aromatic rings. The second-order valence-electron chi connectivity index (χ2n) is 5.02. The largest absolute Gasteiger partial charge is 0.508 e. The Bertz CT molecular complexity index is 460. The highest BCUT2D eigenvalue weighted by molar-refractivity contribution is 5.71. The molecule has 0 radical (unpaired) electrons. The fraction of sp³-hybridized carbons (Fsp3) is 0.467. The monoisotopic (exact) mass is 232 g/mol. The topological polar surface area (TPSA) is 40.5 Å². The number of aliphatic hydroxyl groups excluding tert-OH is 1. The van der Waals surface area contributed by atoms with Gasteiger partial charge in [-0.2, -0.15) is 0 Å². The molecule has 1 aliphatic rings. The standard InChI is InChI=1S/C15H20O2/c1-9-5-4-6-12-14(17)7-13(10(2)8-16)11(3)15(9)12/h7,9,16-17H,2,4-6,8H2,1,3H3. The molecular weight excluding hydrogens is 212 g/mol. The van der Waals surface area contributed by atoms with Crippen LogP contribution in [0, 0.1) is 6.92 Å². The van der Waals surface area contributed by atoms with Crippen molar-refractivity contribution in [2.24, 2.45) is 0 Å². The predicted octanol–water partition coefficient (Wildman–Crippen LogP) is 3.15. The van der Waals surface area contributed by atoms with Gasteiger partial charge in [0.2, 0.25) is 0 Å². The molecule has 1 unspecified atom stereocenters. The third kappa shape index (κ3) is 1.98. The molecule has 0 amide bonds. The Morgan fingerprint density at radius 2 is 2.24 bits per heavy atom. The van der Waals surface area contributed by atoms with Crippen molar-refractivity contribution in [3.05, 3.63) is 34.9 Å². The summed E-state index contributed by atoms with van der Waals surface area (Å²) in [7, 11) is 0. The molecule has 17 heavy (non-hydrogen) atoms. The number of phenols is 1. The van der Waals surface area contributed by atoms with Crippen molar-refractivity contribution in [3.63, 3.8) is 0 Å². The molecule has 2 nitrogen and oxygen atoms in total. The second kappa shape index (κ2) is 4.53. The van der Waals surface area contributed by atoms with Gasteiger partial charge in [-0.15, -0.1) is 0 Å². The van der Waals surface area contributed by atoms with E-state index in [1.165, 1.54) is 17.5 Å². The molecule has 2 N–H and O–H groups in total. The van der Waals surface area contributed by atoms with E-state index in [1.54, 1.807) is 6.07 Å². The number of benzene rings is 1. The van der Waals surface area contributed by atoms with E-state index < -0.39 is 0 Å². The maximum atomic E-state index is 10.1. The van der Waals surface area contributed by atoms with Gasteiger partial charge in [0.25, 0.3) is 0 Å². The molecule has 2 rings (SSSR count). The summed E-state index contributed by atoms with van der Waals surface area (Å²) >= 11 is 0. The summed E-state index contributed by atoms with van der Waals surface area (Å²) in [6.07, 6.45) is 3.27. The molecule has 0 heterocycles. The first kappa shape index (κ1) is 12.2. The van der Waals surface area contributed by atoms with Crippen LogP contribution >= 0.6 is 0 Å². The van der Waals surface area contributed by atoms with E-state index in [-0.39, 0.29) is 6.61 Å². The van der Waals surface area contributed by atoms with Crippen molar-refractivity contribution in [1.82, 2.24) is 0 Å². The van der Waals surface area contributed by atoms with E-state index in [1.807, 2.05) is 0 Å². The minimum atomic E-state index is -0.0621. The van der Waals surface area contributed by atoms with Crippen molar-refractivity contribution in [1.29, 1.82) is 0 Å². The highest BCUT2D eigenvalue weighted by atomic mass is 16.3. The maximum absolute atomic E-state index is 10.1. The van der Waals surface area contributed by atoms with E-state index in [0.29, 0.717) is 17.2 Å². The highest BCUT2D eigenvalue weighted by Crippen LogP contribution is 2.40. The summed E-state index contributed by atoms with van der Waals surface area (Å²) < 4.78 is 0. The quantitative estimate of drug-likeness (QED) is 0.822. The molecule has 1 aromatic carbocycles. The second-order valence-corrected chi connectivity index (χ2v) is 5.02. The Morgan fingerprint density at radius 3 is 2.88 bits per heavy atom. The van der Waals surface area contributed by atoms with Gasteiger partial charge >= 0.3 is 0 Å². The van der Waals surface area contributed by atoms with Crippen molar-refractivity contribution >= 4 is 5.57 Å². The lowest BCUT2D eigenvalue weighted by molar-refractivity contribution is 0.350. The Hall–Kier alpha value is -1.28. The SMILES string of the molecule is C=C(CO)c1cc(O)c2c(c1C)C(C)CCC2. The summed E-state index contributed by atoms with van der Waals surface area (Å²) in [5.74, 6) is 0.845. The minimum Gasteiger partial charge on any atom is -0.508 e. The zero-order valence-corrected chi connectivity index (χ0v) is 10.6. The van der Waals surface area contributed by atoms with Crippen LogP contribution in [0.2, 0.25) is 0 Å². The van der Waals surface area contributed by atoms with Gasteiger partial charge in [0.1, 0.15) is 5.75 Å². The lowest BCUT2D eigenvalue weighted by atomic mass is 9.78. The smallest absolute Gasteiger partial charge is 0.119 e. The fourth-order valence-corrected chi connectivity index (χ4v) is 2.95. The number of hydrogen-bond acceptors (Lipinski definition) is 2. The molecule has 0 saturated carbocycles. The summed E-state index contributed by atoms with van der Waals surface area (Å²) in [4.78, 5) is 0. The molecular formula is C15H20O2. The molecule has 0 aromatic heterocycles. The van der Waals surface area contributed by atoms with Gasteiger partial charge in [0.05, 0.1) is 6.61 Å². The molecule has 0 spiro atoms.